The van der Waals surface area contributed by atoms with E-state index in [1.807, 2.05) is 42.5 Å². The van der Waals surface area contributed by atoms with Gasteiger partial charge >= 0.3 is 23.2 Å². The molecule has 12 heteroatoms. The molecule has 3 heterocycles. The zero-order chi connectivity index (χ0) is 27.8. The molecule has 0 spiro atoms. The molecule has 0 saturated carbocycles. The normalized spacial score (nSPS) is 11.2. The largest absolute Gasteiger partial charge is 0.519 e. The fourth-order valence-corrected chi connectivity index (χ4v) is 4.53. The number of hydrogen-bond donors (Lipinski definition) is 2. The Morgan fingerprint density at radius 1 is 0.950 bits per heavy atom. The predicted molar refractivity (Wildman–Crippen MR) is 141 cm³/mol. The van der Waals surface area contributed by atoms with Crippen LogP contribution in [-0.2, 0) is 17.9 Å². The number of ether oxygens (including phenoxy) is 1. The second kappa shape index (κ2) is 9.91. The maximum atomic E-state index is 13.1. The van der Waals surface area contributed by atoms with Gasteiger partial charge in [-0.25, -0.2) is 19.2 Å². The second-order valence-electron chi connectivity index (χ2n) is 8.92. The highest BCUT2D eigenvalue weighted by Crippen LogP contribution is 2.31. The summed E-state index contributed by atoms with van der Waals surface area (Å²) < 4.78 is 21.2. The number of rotatable bonds is 7. The minimum absolute atomic E-state index is 0.0863. The number of benzene rings is 3. The van der Waals surface area contributed by atoms with E-state index < -0.39 is 23.2 Å². The summed E-state index contributed by atoms with van der Waals surface area (Å²) in [5, 5.41) is 3.86. The molecular formula is C28H20N4O8. The molecule has 0 radical (unpaired) electrons. The lowest BCUT2D eigenvalue weighted by atomic mass is 9.97. The third-order valence-electron chi connectivity index (χ3n) is 6.39. The molecule has 200 valence electrons. The molecule has 0 amide bonds. The third kappa shape index (κ3) is 4.58. The Balaban J connectivity index is 1.38. The maximum Gasteiger partial charge on any atom is 0.519 e. The van der Waals surface area contributed by atoms with Gasteiger partial charge in [-0.3, -0.25) is 14.1 Å². The molecule has 6 rings (SSSR count). The Bertz CT molecular complexity index is 2040. The Labute approximate surface area is 223 Å². The van der Waals surface area contributed by atoms with Crippen molar-refractivity contribution < 1.29 is 22.9 Å². The van der Waals surface area contributed by atoms with Gasteiger partial charge in [0.25, 0.3) is 0 Å². The number of aromatic amines is 2. The number of nitrogens with one attached hydrogen (secondary N) is 2. The van der Waals surface area contributed by atoms with Crippen molar-refractivity contribution in [3.05, 3.63) is 121 Å². The van der Waals surface area contributed by atoms with E-state index in [-0.39, 0.29) is 36.1 Å². The van der Waals surface area contributed by atoms with E-state index in [2.05, 4.69) is 15.1 Å². The van der Waals surface area contributed by atoms with Crippen LogP contribution in [0, 0.1) is 6.92 Å². The lowest BCUT2D eigenvalue weighted by Gasteiger charge is -2.12. The van der Waals surface area contributed by atoms with Crippen molar-refractivity contribution in [2.75, 3.05) is 0 Å². The van der Waals surface area contributed by atoms with Gasteiger partial charge in [0.1, 0.15) is 0 Å². The van der Waals surface area contributed by atoms with Crippen molar-refractivity contribution in [1.29, 1.82) is 0 Å². The first-order valence-electron chi connectivity index (χ1n) is 12.1. The molecule has 0 bridgehead atoms. The molecule has 0 aliphatic carbocycles. The Morgan fingerprint density at radius 3 is 2.50 bits per heavy atom. The zero-order valence-corrected chi connectivity index (χ0v) is 20.9. The summed E-state index contributed by atoms with van der Waals surface area (Å²) in [4.78, 5) is 54.4. The van der Waals surface area contributed by atoms with Gasteiger partial charge < -0.3 is 18.6 Å². The fourth-order valence-electron chi connectivity index (χ4n) is 4.53. The summed E-state index contributed by atoms with van der Waals surface area (Å²) >= 11 is 0. The summed E-state index contributed by atoms with van der Waals surface area (Å²) in [7, 11) is 0. The van der Waals surface area contributed by atoms with Crippen molar-refractivity contribution in [3.63, 3.8) is 0 Å². The topological polar surface area (TPSA) is 166 Å². The van der Waals surface area contributed by atoms with Gasteiger partial charge in [-0.05, 0) is 41.8 Å². The minimum atomic E-state index is -0.891. The molecule has 0 fully saturated rings. The number of aromatic nitrogens is 4. The van der Waals surface area contributed by atoms with E-state index in [0.29, 0.717) is 22.2 Å². The molecule has 2 N–H and O–H groups in total. The van der Waals surface area contributed by atoms with Gasteiger partial charge in [-0.1, -0.05) is 53.7 Å². The van der Waals surface area contributed by atoms with Crippen LogP contribution in [0.5, 0.6) is 0 Å². The van der Waals surface area contributed by atoms with Gasteiger partial charge in [0.15, 0.2) is 24.0 Å². The molecule has 0 aliphatic heterocycles. The summed E-state index contributed by atoms with van der Waals surface area (Å²) in [5.41, 5.74) is 3.46. The zero-order valence-electron chi connectivity index (χ0n) is 20.9. The van der Waals surface area contributed by atoms with Crippen molar-refractivity contribution >= 4 is 17.0 Å². The highest BCUT2D eigenvalue weighted by Gasteiger charge is 2.20. The Kier molecular flexibility index (Phi) is 6.11. The number of para-hydroxylation sites is 1. The molecule has 0 atom stereocenters. The monoisotopic (exact) mass is 540 g/mol. The first kappa shape index (κ1) is 24.7. The molecular weight excluding hydrogens is 520 g/mol. The molecule has 40 heavy (non-hydrogen) atoms. The number of aryl methyl sites for hydroxylation is 1. The van der Waals surface area contributed by atoms with Gasteiger partial charge in [0.2, 0.25) is 0 Å². The predicted octanol–water partition coefficient (Wildman–Crippen LogP) is 3.60. The highest BCUT2D eigenvalue weighted by molar-refractivity contribution is 6.02. The molecule has 0 saturated heterocycles. The van der Waals surface area contributed by atoms with Crippen LogP contribution in [0.2, 0.25) is 0 Å². The summed E-state index contributed by atoms with van der Waals surface area (Å²) in [6, 6.07) is 19.9. The average molecular weight is 540 g/mol. The van der Waals surface area contributed by atoms with E-state index >= 15 is 0 Å². The van der Waals surface area contributed by atoms with E-state index in [4.69, 9.17) is 18.1 Å². The fraction of sp³-hybridized carbons (Fsp3) is 0.107. The lowest BCUT2D eigenvalue weighted by molar-refractivity contribution is 0.0444. The number of imidazole rings is 1. The number of esters is 1. The van der Waals surface area contributed by atoms with Crippen molar-refractivity contribution in [3.8, 4) is 22.5 Å². The summed E-state index contributed by atoms with van der Waals surface area (Å²) in [6.07, 6.45) is 0. The van der Waals surface area contributed by atoms with Crippen LogP contribution in [0.25, 0.3) is 33.5 Å². The maximum absolute atomic E-state index is 13.1. The molecule has 6 aromatic rings. The van der Waals surface area contributed by atoms with Gasteiger partial charge in [-0.2, -0.15) is 0 Å². The lowest BCUT2D eigenvalue weighted by Crippen LogP contribution is -2.19. The minimum Gasteiger partial charge on any atom is -0.454 e. The van der Waals surface area contributed by atoms with Gasteiger partial charge in [0.05, 0.1) is 23.1 Å². The van der Waals surface area contributed by atoms with E-state index in [1.165, 1.54) is 17.6 Å². The molecule has 3 aromatic carbocycles. The van der Waals surface area contributed by atoms with Crippen LogP contribution in [0.4, 0.5) is 0 Å². The highest BCUT2D eigenvalue weighted by atomic mass is 16.6. The standard InChI is InChI=1S/C28H20N4O8/c1-15-22(39-28(36)38-15)14-37-25(33)19-8-5-9-21-23(19)32(26(34)29-21)13-16-10-11-18(17-6-3-2-4-7-17)20(12-16)24-30-27(35)40-31-24/h2-12H,13-14H2,1H3,(H,29,34)(H,30,31,35). The Hall–Kier alpha value is -5.65. The first-order chi connectivity index (χ1) is 19.4. The first-order valence-corrected chi connectivity index (χ1v) is 12.1. The van der Waals surface area contributed by atoms with Crippen LogP contribution >= 0.6 is 0 Å². The Morgan fingerprint density at radius 2 is 1.77 bits per heavy atom. The molecule has 12 nitrogen and oxygen atoms in total. The van der Waals surface area contributed by atoms with Gasteiger partial charge in [-0.15, -0.1) is 0 Å². The van der Waals surface area contributed by atoms with Crippen LogP contribution in [0.15, 0.2) is 94.5 Å². The third-order valence-corrected chi connectivity index (χ3v) is 6.39. The second-order valence-corrected chi connectivity index (χ2v) is 8.92. The van der Waals surface area contributed by atoms with Crippen LogP contribution in [0.1, 0.15) is 27.4 Å². The van der Waals surface area contributed by atoms with Crippen LogP contribution in [0.3, 0.4) is 0 Å². The summed E-state index contributed by atoms with van der Waals surface area (Å²) in [6.45, 7) is 1.29. The average Bonchev–Trinajstić information content (AvgIpc) is 3.63. The number of carbonyl (C=O) groups excluding carboxylic acids is 1. The number of carbonyl (C=O) groups is 1. The van der Waals surface area contributed by atoms with Crippen LogP contribution < -0.4 is 17.3 Å². The number of hydrogen-bond acceptors (Lipinski definition) is 9. The smallest absolute Gasteiger partial charge is 0.454 e. The SMILES string of the molecule is Cc1oc(=O)oc1COC(=O)c1cccc2[nH]c(=O)n(Cc3ccc(-c4ccccc4)c(-c4noc(=O)[nH]4)c3)c12. The van der Waals surface area contributed by atoms with Crippen LogP contribution in [-0.4, -0.2) is 25.7 Å². The quantitative estimate of drug-likeness (QED) is 0.288. The molecule has 0 unspecified atom stereocenters. The van der Waals surface area contributed by atoms with Gasteiger partial charge in [0, 0.05) is 5.56 Å². The molecule has 3 aromatic heterocycles. The van der Waals surface area contributed by atoms with E-state index in [9.17, 15) is 19.2 Å². The van der Waals surface area contributed by atoms with Crippen molar-refractivity contribution in [2.24, 2.45) is 0 Å². The van der Waals surface area contributed by atoms with E-state index in [1.54, 1.807) is 18.2 Å². The molecule has 0 aliphatic rings. The summed E-state index contributed by atoms with van der Waals surface area (Å²) in [5.74, 6) is -1.77. The van der Waals surface area contributed by atoms with Crippen molar-refractivity contribution in [1.82, 2.24) is 19.7 Å². The van der Waals surface area contributed by atoms with E-state index in [0.717, 1.165) is 11.1 Å². The number of fused-ring (bicyclic) bond motifs is 1. The van der Waals surface area contributed by atoms with Crippen molar-refractivity contribution in [2.45, 2.75) is 20.1 Å². The number of H-pyrrole nitrogens is 2. The number of nitrogens with zero attached hydrogens (tertiary/aromatic N) is 2.